The standard InChI is InChI=1S/C24H37NO4Si/c1-30(2,3)17-16-26-21-12-15-28-25(18-20-10-6-4-7-11-20)23(21)22-19-27-24(29-22)13-8-5-9-14-24/h4,6-7,10-12,22-23H,5,8-9,13-19H2,1-3H3/t22-,23-/m1/s1. The number of hydrogen-bond donors (Lipinski definition) is 0. The summed E-state index contributed by atoms with van der Waals surface area (Å²) in [5, 5.41) is 2.05. The normalized spacial score (nSPS) is 27.2. The van der Waals surface area contributed by atoms with E-state index in [-0.39, 0.29) is 12.1 Å². The molecule has 2 atom stereocenters. The molecule has 1 spiro atoms. The topological polar surface area (TPSA) is 40.2 Å². The van der Waals surface area contributed by atoms with Crippen LogP contribution in [0, 0.1) is 0 Å². The molecule has 1 aromatic carbocycles. The highest BCUT2D eigenvalue weighted by molar-refractivity contribution is 6.76. The number of benzene rings is 1. The van der Waals surface area contributed by atoms with E-state index in [9.17, 15) is 0 Å². The summed E-state index contributed by atoms with van der Waals surface area (Å²) in [4.78, 5) is 6.11. The van der Waals surface area contributed by atoms with Gasteiger partial charge >= 0.3 is 0 Å². The summed E-state index contributed by atoms with van der Waals surface area (Å²) in [5.41, 5.74) is 1.22. The molecule has 1 saturated carbocycles. The molecule has 30 heavy (non-hydrogen) atoms. The van der Waals surface area contributed by atoms with E-state index in [0.29, 0.717) is 19.8 Å². The molecule has 1 saturated heterocycles. The third kappa shape index (κ3) is 5.54. The van der Waals surface area contributed by atoms with Crippen LogP contribution in [-0.2, 0) is 25.6 Å². The van der Waals surface area contributed by atoms with Crippen molar-refractivity contribution in [3.63, 3.8) is 0 Å². The predicted molar refractivity (Wildman–Crippen MR) is 121 cm³/mol. The van der Waals surface area contributed by atoms with Crippen LogP contribution in [0.3, 0.4) is 0 Å². The van der Waals surface area contributed by atoms with E-state index in [1.54, 1.807) is 0 Å². The Morgan fingerprint density at radius 2 is 1.87 bits per heavy atom. The molecule has 0 amide bonds. The van der Waals surface area contributed by atoms with E-state index < -0.39 is 13.9 Å². The van der Waals surface area contributed by atoms with Gasteiger partial charge in [0.1, 0.15) is 17.9 Å². The van der Waals surface area contributed by atoms with E-state index in [1.165, 1.54) is 24.8 Å². The van der Waals surface area contributed by atoms with Gasteiger partial charge in [-0.15, -0.1) is 0 Å². The van der Waals surface area contributed by atoms with Gasteiger partial charge in [-0.05, 0) is 30.5 Å². The molecule has 2 aliphatic heterocycles. The van der Waals surface area contributed by atoms with Gasteiger partial charge in [-0.25, -0.2) is 0 Å². The number of nitrogens with zero attached hydrogens (tertiary/aromatic N) is 1. The molecule has 4 rings (SSSR count). The molecular formula is C24H37NO4Si. The maximum absolute atomic E-state index is 6.62. The lowest BCUT2D eigenvalue weighted by Crippen LogP contribution is -2.49. The summed E-state index contributed by atoms with van der Waals surface area (Å²) in [6.45, 7) is 9.74. The summed E-state index contributed by atoms with van der Waals surface area (Å²) < 4.78 is 19.3. The summed E-state index contributed by atoms with van der Waals surface area (Å²) >= 11 is 0. The molecule has 0 aromatic heterocycles. The van der Waals surface area contributed by atoms with Crippen LogP contribution in [-0.4, -0.2) is 50.9 Å². The Morgan fingerprint density at radius 3 is 2.60 bits per heavy atom. The van der Waals surface area contributed by atoms with Crippen LogP contribution < -0.4 is 0 Å². The van der Waals surface area contributed by atoms with E-state index >= 15 is 0 Å². The summed E-state index contributed by atoms with van der Waals surface area (Å²) in [6.07, 6.45) is 7.62. The maximum Gasteiger partial charge on any atom is 0.169 e. The smallest absolute Gasteiger partial charge is 0.169 e. The van der Waals surface area contributed by atoms with Gasteiger partial charge in [0.2, 0.25) is 0 Å². The van der Waals surface area contributed by atoms with Crippen LogP contribution in [0.15, 0.2) is 42.2 Å². The Morgan fingerprint density at radius 1 is 1.10 bits per heavy atom. The maximum atomic E-state index is 6.62. The highest BCUT2D eigenvalue weighted by Gasteiger charge is 2.48. The quantitative estimate of drug-likeness (QED) is 0.561. The molecule has 5 nitrogen and oxygen atoms in total. The van der Waals surface area contributed by atoms with Crippen molar-refractivity contribution in [1.82, 2.24) is 5.06 Å². The van der Waals surface area contributed by atoms with Crippen molar-refractivity contribution in [2.75, 3.05) is 19.8 Å². The average molecular weight is 432 g/mol. The van der Waals surface area contributed by atoms with E-state index in [0.717, 1.165) is 31.3 Å². The second-order valence-electron chi connectivity index (χ2n) is 10.0. The number of ether oxygens (including phenoxy) is 3. The zero-order valence-electron chi connectivity index (χ0n) is 18.8. The predicted octanol–water partition coefficient (Wildman–Crippen LogP) is 5.12. The molecule has 0 N–H and O–H groups in total. The van der Waals surface area contributed by atoms with Gasteiger partial charge in [0.15, 0.2) is 5.79 Å². The van der Waals surface area contributed by atoms with E-state index in [4.69, 9.17) is 19.0 Å². The first kappa shape index (κ1) is 22.0. The molecule has 2 heterocycles. The highest BCUT2D eigenvalue weighted by Crippen LogP contribution is 2.40. The van der Waals surface area contributed by atoms with Crippen molar-refractivity contribution in [3.8, 4) is 0 Å². The molecule has 1 aromatic rings. The van der Waals surface area contributed by atoms with Crippen molar-refractivity contribution < 1.29 is 19.0 Å². The zero-order valence-corrected chi connectivity index (χ0v) is 19.8. The van der Waals surface area contributed by atoms with Gasteiger partial charge in [-0.1, -0.05) is 56.4 Å². The zero-order chi connectivity index (χ0) is 21.0. The van der Waals surface area contributed by atoms with E-state index in [1.807, 2.05) is 6.07 Å². The fourth-order valence-electron chi connectivity index (χ4n) is 4.54. The molecule has 166 valence electrons. The van der Waals surface area contributed by atoms with Crippen molar-refractivity contribution in [1.29, 1.82) is 0 Å². The Labute approximate surface area is 182 Å². The Bertz CT molecular complexity index is 712. The van der Waals surface area contributed by atoms with Crippen LogP contribution in [0.1, 0.15) is 37.7 Å². The van der Waals surface area contributed by atoms with Gasteiger partial charge in [0, 0.05) is 20.9 Å². The first-order valence-electron chi connectivity index (χ1n) is 11.5. The second kappa shape index (κ2) is 9.53. The molecule has 0 bridgehead atoms. The fourth-order valence-corrected chi connectivity index (χ4v) is 5.25. The summed E-state index contributed by atoms with van der Waals surface area (Å²) in [7, 11) is -1.16. The van der Waals surface area contributed by atoms with Gasteiger partial charge in [-0.2, -0.15) is 5.06 Å². The minimum Gasteiger partial charge on any atom is -0.497 e. The lowest BCUT2D eigenvalue weighted by atomic mass is 9.94. The lowest BCUT2D eigenvalue weighted by molar-refractivity contribution is -0.235. The minimum absolute atomic E-state index is 0.0785. The van der Waals surface area contributed by atoms with Crippen LogP contribution in [0.25, 0.3) is 0 Å². The van der Waals surface area contributed by atoms with Crippen molar-refractivity contribution in [3.05, 3.63) is 47.7 Å². The summed E-state index contributed by atoms with van der Waals surface area (Å²) in [5.74, 6) is 0.583. The van der Waals surface area contributed by atoms with Crippen molar-refractivity contribution >= 4 is 8.07 Å². The lowest BCUT2D eigenvalue weighted by Gasteiger charge is -2.39. The van der Waals surface area contributed by atoms with Gasteiger partial charge in [0.25, 0.3) is 0 Å². The molecule has 1 aliphatic carbocycles. The molecule has 6 heteroatoms. The Hall–Kier alpha value is -1.18. The minimum atomic E-state index is -1.16. The number of hydrogen-bond acceptors (Lipinski definition) is 5. The van der Waals surface area contributed by atoms with Gasteiger partial charge in [-0.3, -0.25) is 4.84 Å². The Balaban J connectivity index is 1.50. The van der Waals surface area contributed by atoms with E-state index in [2.05, 4.69) is 55.0 Å². The Kier molecular flexibility index (Phi) is 7.00. The first-order valence-corrected chi connectivity index (χ1v) is 15.2. The monoisotopic (exact) mass is 431 g/mol. The second-order valence-corrected chi connectivity index (χ2v) is 15.6. The van der Waals surface area contributed by atoms with Gasteiger partial charge < -0.3 is 14.2 Å². The van der Waals surface area contributed by atoms with Crippen LogP contribution in [0.5, 0.6) is 0 Å². The third-order valence-corrected chi connectivity index (χ3v) is 7.98. The number of rotatable bonds is 7. The highest BCUT2D eigenvalue weighted by atomic mass is 28.3. The van der Waals surface area contributed by atoms with Crippen LogP contribution in [0.4, 0.5) is 0 Å². The van der Waals surface area contributed by atoms with Crippen LogP contribution in [0.2, 0.25) is 25.7 Å². The SMILES string of the molecule is C[Si](C)(C)CCOC1=CCON(Cc2ccccc2)[C@H]1[C@H]1COC2(CCCCC2)O1. The largest absolute Gasteiger partial charge is 0.497 e. The molecular weight excluding hydrogens is 394 g/mol. The first-order chi connectivity index (χ1) is 14.4. The van der Waals surface area contributed by atoms with Crippen molar-refractivity contribution in [2.45, 2.75) is 82.3 Å². The van der Waals surface area contributed by atoms with Crippen LogP contribution >= 0.6 is 0 Å². The van der Waals surface area contributed by atoms with Crippen molar-refractivity contribution in [2.24, 2.45) is 0 Å². The molecule has 3 aliphatic rings. The third-order valence-electron chi connectivity index (χ3n) is 6.27. The molecule has 2 fully saturated rings. The number of hydroxylamine groups is 2. The average Bonchev–Trinajstić information content (AvgIpc) is 3.11. The molecule has 0 radical (unpaired) electrons. The summed E-state index contributed by atoms with van der Waals surface area (Å²) in [6, 6.07) is 11.5. The van der Waals surface area contributed by atoms with Gasteiger partial charge in [0.05, 0.1) is 26.4 Å². The fraction of sp³-hybridized carbons (Fsp3) is 0.667. The molecule has 0 unspecified atom stereocenters.